The minimum Gasteiger partial charge on any atom is -0.496 e. The van der Waals surface area contributed by atoms with Gasteiger partial charge in [-0.2, -0.15) is 0 Å². The van der Waals surface area contributed by atoms with Crippen LogP contribution in [-0.4, -0.2) is 30.0 Å². The molecule has 0 aliphatic heterocycles. The maximum absolute atomic E-state index is 12.3. The molecule has 142 valence electrons. The van der Waals surface area contributed by atoms with Crippen LogP contribution in [0.1, 0.15) is 17.3 Å². The number of nitrogens with one attached hydrogen (secondary N) is 1. The molecule has 0 spiro atoms. The molecule has 10 heteroatoms. The third-order valence-electron chi connectivity index (χ3n) is 3.40. The summed E-state index contributed by atoms with van der Waals surface area (Å²) in [6.45, 7) is 1.35. The number of carbonyl (C=O) groups is 2. The van der Waals surface area contributed by atoms with E-state index in [1.165, 1.54) is 44.4 Å². The van der Waals surface area contributed by atoms with E-state index < -0.39 is 22.9 Å². The van der Waals surface area contributed by atoms with Crippen LogP contribution in [0.15, 0.2) is 36.4 Å². The van der Waals surface area contributed by atoms with Crippen molar-refractivity contribution in [1.29, 1.82) is 0 Å². The lowest BCUT2D eigenvalue weighted by atomic mass is 10.1. The van der Waals surface area contributed by atoms with Crippen LogP contribution >= 0.6 is 23.2 Å². The predicted molar refractivity (Wildman–Crippen MR) is 99.6 cm³/mol. The molecule has 0 heterocycles. The number of nitro groups is 1. The van der Waals surface area contributed by atoms with E-state index in [4.69, 9.17) is 32.7 Å². The number of rotatable bonds is 6. The van der Waals surface area contributed by atoms with Gasteiger partial charge in [0.25, 0.3) is 11.6 Å². The van der Waals surface area contributed by atoms with Crippen molar-refractivity contribution in [2.24, 2.45) is 0 Å². The molecule has 0 aromatic heterocycles. The van der Waals surface area contributed by atoms with Crippen LogP contribution in [-0.2, 0) is 9.53 Å². The second kappa shape index (κ2) is 8.70. The smallest absolute Gasteiger partial charge is 0.342 e. The Balaban J connectivity index is 2.13. The molecular weight excluding hydrogens is 399 g/mol. The van der Waals surface area contributed by atoms with Crippen molar-refractivity contribution in [3.63, 3.8) is 0 Å². The first kappa shape index (κ1) is 20.5. The second-order valence-corrected chi connectivity index (χ2v) is 6.21. The number of anilines is 1. The van der Waals surface area contributed by atoms with Crippen molar-refractivity contribution in [2.75, 3.05) is 12.4 Å². The van der Waals surface area contributed by atoms with Gasteiger partial charge >= 0.3 is 5.97 Å². The molecule has 1 N–H and O–H groups in total. The molecule has 0 fully saturated rings. The van der Waals surface area contributed by atoms with Gasteiger partial charge in [0.1, 0.15) is 11.3 Å². The second-order valence-electron chi connectivity index (χ2n) is 5.34. The van der Waals surface area contributed by atoms with Crippen LogP contribution in [0, 0.1) is 10.1 Å². The number of esters is 1. The Morgan fingerprint density at radius 2 is 1.78 bits per heavy atom. The summed E-state index contributed by atoms with van der Waals surface area (Å²) in [6.07, 6.45) is -1.20. The summed E-state index contributed by atoms with van der Waals surface area (Å²) in [6, 6.07) is 7.92. The molecule has 2 aromatic rings. The Kier molecular flexibility index (Phi) is 6.59. The number of benzene rings is 2. The SMILES string of the molecule is COc1ccc([N+](=O)[O-])cc1C(=O)O[C@@H](C)C(=O)Nc1cc(Cl)cc(Cl)c1. The van der Waals surface area contributed by atoms with E-state index in [1.807, 2.05) is 0 Å². The van der Waals surface area contributed by atoms with E-state index in [9.17, 15) is 19.7 Å². The van der Waals surface area contributed by atoms with Gasteiger partial charge in [-0.1, -0.05) is 23.2 Å². The Hall–Kier alpha value is -2.84. The summed E-state index contributed by atoms with van der Waals surface area (Å²) in [5.74, 6) is -1.49. The summed E-state index contributed by atoms with van der Waals surface area (Å²) in [7, 11) is 1.30. The Labute approximate surface area is 164 Å². The van der Waals surface area contributed by atoms with Crippen molar-refractivity contribution in [3.05, 3.63) is 62.1 Å². The van der Waals surface area contributed by atoms with Crippen LogP contribution in [0.25, 0.3) is 0 Å². The van der Waals surface area contributed by atoms with Crippen LogP contribution in [0.4, 0.5) is 11.4 Å². The number of non-ortho nitro benzene ring substituents is 1. The predicted octanol–water partition coefficient (Wildman–Crippen LogP) is 4.09. The fraction of sp³-hybridized carbons (Fsp3) is 0.176. The fourth-order valence-electron chi connectivity index (χ4n) is 2.12. The van der Waals surface area contributed by atoms with E-state index in [-0.39, 0.29) is 17.0 Å². The van der Waals surface area contributed by atoms with Crippen molar-refractivity contribution >= 4 is 46.5 Å². The first-order valence-electron chi connectivity index (χ1n) is 7.51. The first-order valence-corrected chi connectivity index (χ1v) is 8.27. The average molecular weight is 413 g/mol. The first-order chi connectivity index (χ1) is 12.7. The highest BCUT2D eigenvalue weighted by Crippen LogP contribution is 2.26. The van der Waals surface area contributed by atoms with Crippen molar-refractivity contribution in [1.82, 2.24) is 0 Å². The zero-order valence-electron chi connectivity index (χ0n) is 14.2. The Morgan fingerprint density at radius 1 is 1.15 bits per heavy atom. The lowest BCUT2D eigenvalue weighted by Crippen LogP contribution is -2.30. The van der Waals surface area contributed by atoms with Gasteiger partial charge in [0, 0.05) is 27.9 Å². The minimum absolute atomic E-state index is 0.0832. The molecule has 0 aliphatic rings. The Morgan fingerprint density at radius 3 is 2.33 bits per heavy atom. The highest BCUT2D eigenvalue weighted by atomic mass is 35.5. The van der Waals surface area contributed by atoms with Crippen molar-refractivity contribution in [2.45, 2.75) is 13.0 Å². The van der Waals surface area contributed by atoms with Gasteiger partial charge in [0.2, 0.25) is 0 Å². The maximum atomic E-state index is 12.3. The molecule has 0 aliphatic carbocycles. The molecule has 2 aromatic carbocycles. The molecule has 0 bridgehead atoms. The molecule has 0 radical (unpaired) electrons. The maximum Gasteiger partial charge on any atom is 0.342 e. The minimum atomic E-state index is -1.20. The highest BCUT2D eigenvalue weighted by Gasteiger charge is 2.23. The van der Waals surface area contributed by atoms with E-state index in [1.54, 1.807) is 0 Å². The number of nitrogens with zero attached hydrogens (tertiary/aromatic N) is 1. The van der Waals surface area contributed by atoms with Gasteiger partial charge < -0.3 is 14.8 Å². The number of hydrogen-bond donors (Lipinski definition) is 1. The van der Waals surface area contributed by atoms with Gasteiger partial charge in [-0.05, 0) is 31.2 Å². The topological polar surface area (TPSA) is 108 Å². The van der Waals surface area contributed by atoms with Gasteiger partial charge in [-0.3, -0.25) is 14.9 Å². The number of halogens is 2. The molecule has 0 unspecified atom stereocenters. The van der Waals surface area contributed by atoms with Gasteiger partial charge in [-0.15, -0.1) is 0 Å². The third-order valence-corrected chi connectivity index (χ3v) is 3.83. The highest BCUT2D eigenvalue weighted by molar-refractivity contribution is 6.35. The standard InChI is InChI=1S/C17H14Cl2N2O6/c1-9(16(22)20-12-6-10(18)5-11(19)7-12)27-17(23)14-8-13(21(24)25)3-4-15(14)26-2/h3-9H,1-2H3,(H,20,22)/t9-/m0/s1. The lowest BCUT2D eigenvalue weighted by molar-refractivity contribution is -0.384. The number of methoxy groups -OCH3 is 1. The molecule has 2 rings (SSSR count). The van der Waals surface area contributed by atoms with Gasteiger partial charge in [-0.25, -0.2) is 4.79 Å². The van der Waals surface area contributed by atoms with Gasteiger partial charge in [0.05, 0.1) is 12.0 Å². The van der Waals surface area contributed by atoms with Crippen molar-refractivity contribution in [3.8, 4) is 5.75 Å². The van der Waals surface area contributed by atoms with Crippen LogP contribution < -0.4 is 10.1 Å². The molecule has 27 heavy (non-hydrogen) atoms. The summed E-state index contributed by atoms with van der Waals surface area (Å²) in [5.41, 5.74) is -0.154. The number of ether oxygens (including phenoxy) is 2. The summed E-state index contributed by atoms with van der Waals surface area (Å²) < 4.78 is 10.1. The average Bonchev–Trinajstić information content (AvgIpc) is 2.59. The number of hydrogen-bond acceptors (Lipinski definition) is 6. The number of carbonyl (C=O) groups excluding carboxylic acids is 2. The van der Waals surface area contributed by atoms with Gasteiger partial charge in [0.15, 0.2) is 6.10 Å². The van der Waals surface area contributed by atoms with Crippen LogP contribution in [0.2, 0.25) is 10.0 Å². The summed E-state index contributed by atoms with van der Waals surface area (Å²) >= 11 is 11.7. The zero-order valence-corrected chi connectivity index (χ0v) is 15.7. The quantitative estimate of drug-likeness (QED) is 0.434. The summed E-state index contributed by atoms with van der Waals surface area (Å²) in [5, 5.41) is 14.1. The van der Waals surface area contributed by atoms with Crippen LogP contribution in [0.3, 0.4) is 0 Å². The van der Waals surface area contributed by atoms with Crippen LogP contribution in [0.5, 0.6) is 5.75 Å². The normalized spacial score (nSPS) is 11.4. The largest absolute Gasteiger partial charge is 0.496 e. The molecule has 8 nitrogen and oxygen atoms in total. The molecule has 0 saturated carbocycles. The number of nitro benzene ring substituents is 1. The molecule has 1 amide bonds. The van der Waals surface area contributed by atoms with E-state index in [0.717, 1.165) is 6.07 Å². The van der Waals surface area contributed by atoms with E-state index >= 15 is 0 Å². The summed E-state index contributed by atoms with van der Waals surface area (Å²) in [4.78, 5) is 34.8. The zero-order chi connectivity index (χ0) is 20.1. The molecule has 1 atom stereocenters. The van der Waals surface area contributed by atoms with E-state index in [0.29, 0.717) is 15.7 Å². The fourth-order valence-corrected chi connectivity index (χ4v) is 2.64. The lowest BCUT2D eigenvalue weighted by Gasteiger charge is -2.15. The monoisotopic (exact) mass is 412 g/mol. The Bertz CT molecular complexity index is 883. The van der Waals surface area contributed by atoms with Crippen molar-refractivity contribution < 1.29 is 24.0 Å². The molecule has 0 saturated heterocycles. The number of amides is 1. The third kappa shape index (κ3) is 5.32. The van der Waals surface area contributed by atoms with E-state index in [2.05, 4.69) is 5.32 Å². The molecular formula is C17H14Cl2N2O6.